The molecular weight excluding hydrogens is 540 g/mol. The number of methoxy groups -OCH3 is 1. The molecule has 1 heterocycles. The molecule has 1 aliphatic heterocycles. The van der Waals surface area contributed by atoms with Gasteiger partial charge in [-0.1, -0.05) is 62.9 Å². The first-order valence-electron chi connectivity index (χ1n) is 15.6. The summed E-state index contributed by atoms with van der Waals surface area (Å²) in [5, 5.41) is 22.9. The highest BCUT2D eigenvalue weighted by Crippen LogP contribution is 2.33. The van der Waals surface area contributed by atoms with Crippen molar-refractivity contribution >= 4 is 17.6 Å². The average molecular weight is 589 g/mol. The first-order valence-corrected chi connectivity index (χ1v) is 15.6. The average Bonchev–Trinajstić information content (AvgIpc) is 2.99. The van der Waals surface area contributed by atoms with Gasteiger partial charge in [-0.2, -0.15) is 0 Å². The summed E-state index contributed by atoms with van der Waals surface area (Å²) in [5.74, 6) is 0.0696. The number of dihydropyridines is 1. The Labute approximate surface area is 256 Å². The number of ether oxygens (including phenoxy) is 1. The maximum Gasteiger partial charge on any atom is 0.163 e. The van der Waals surface area contributed by atoms with Crippen LogP contribution in [0, 0.1) is 0 Å². The summed E-state index contributed by atoms with van der Waals surface area (Å²) >= 11 is 0. The van der Waals surface area contributed by atoms with Gasteiger partial charge in [0.2, 0.25) is 0 Å². The van der Waals surface area contributed by atoms with Crippen LogP contribution in [-0.4, -0.2) is 41.7 Å². The van der Waals surface area contributed by atoms with Crippen molar-refractivity contribution in [3.05, 3.63) is 88.2 Å². The molecule has 2 aromatic rings. The van der Waals surface area contributed by atoms with Gasteiger partial charge in [0.1, 0.15) is 5.78 Å². The normalized spacial score (nSPS) is 14.7. The number of phenolic OH excluding ortho intramolecular Hbond substituents is 1. The second-order valence-electron chi connectivity index (χ2n) is 11.3. The van der Waals surface area contributed by atoms with E-state index in [0.717, 1.165) is 73.6 Å². The fourth-order valence-electron chi connectivity index (χ4n) is 5.33. The number of ketones is 2. The third-order valence-corrected chi connectivity index (χ3v) is 7.74. The number of hydrogen-bond acceptors (Lipinski definition) is 7. The predicted octanol–water partition coefficient (Wildman–Crippen LogP) is 6.10. The number of nitrogens with one attached hydrogen (secondary N) is 1. The number of phenols is 1. The maximum absolute atomic E-state index is 12.6. The monoisotopic (exact) mass is 588 g/mol. The number of aromatic hydroxyl groups is 1. The summed E-state index contributed by atoms with van der Waals surface area (Å²) in [4.78, 5) is 24.9. The van der Waals surface area contributed by atoms with Crippen molar-refractivity contribution in [3.8, 4) is 11.5 Å². The maximum atomic E-state index is 12.6. The van der Waals surface area contributed by atoms with E-state index in [2.05, 4.69) is 36.5 Å². The largest absolute Gasteiger partial charge is 0.504 e. The van der Waals surface area contributed by atoms with E-state index in [0.29, 0.717) is 18.6 Å². The lowest BCUT2D eigenvalue weighted by atomic mass is 9.89. The second-order valence-corrected chi connectivity index (χ2v) is 11.3. The molecule has 0 aromatic heterocycles. The van der Waals surface area contributed by atoms with E-state index < -0.39 is 0 Å². The van der Waals surface area contributed by atoms with Crippen LogP contribution in [0.5, 0.6) is 11.5 Å². The number of aliphatic hydroxyl groups is 1. The smallest absolute Gasteiger partial charge is 0.163 e. The van der Waals surface area contributed by atoms with Crippen molar-refractivity contribution in [2.24, 2.45) is 5.73 Å². The molecular formula is C36H48N2O5. The first kappa shape index (κ1) is 33.8. The zero-order valence-electron chi connectivity index (χ0n) is 25.7. The standard InChI is InChI=1S/C36H48N2O5/c1-3-4-5-6-7-13-32(40)24-33(41)17-16-28-22-35(43-2)34(42)21-30(28)20-31-25-38-36(37)23-29(31)15-14-27-11-8-10-26(19-27)12-9-18-39/h8,10-11,16-17,19,21-23,25,36,38-39,42H,3-7,9,12-15,18,20,24,37H2,1-2H3. The number of hydrogen-bond donors (Lipinski definition) is 4. The van der Waals surface area contributed by atoms with Crippen LogP contribution in [0.3, 0.4) is 0 Å². The molecule has 0 bridgehead atoms. The summed E-state index contributed by atoms with van der Waals surface area (Å²) in [6.45, 7) is 2.34. The number of Topliss-reactive ketones (excluding diaryl/α,β-unsaturated/α-hetero) is 1. The van der Waals surface area contributed by atoms with Gasteiger partial charge in [0.25, 0.3) is 0 Å². The highest BCUT2D eigenvalue weighted by Gasteiger charge is 2.17. The van der Waals surface area contributed by atoms with Crippen molar-refractivity contribution in [1.29, 1.82) is 0 Å². The number of nitrogens with two attached hydrogens (primary N) is 1. The number of rotatable bonds is 19. The van der Waals surface area contributed by atoms with Crippen molar-refractivity contribution in [2.75, 3.05) is 13.7 Å². The molecule has 232 valence electrons. The number of unbranched alkanes of at least 4 members (excludes halogenated alkanes) is 4. The van der Waals surface area contributed by atoms with Crippen molar-refractivity contribution in [1.82, 2.24) is 5.32 Å². The van der Waals surface area contributed by atoms with Gasteiger partial charge in [0.05, 0.1) is 19.7 Å². The van der Waals surface area contributed by atoms with Gasteiger partial charge in [-0.3, -0.25) is 9.59 Å². The highest BCUT2D eigenvalue weighted by molar-refractivity contribution is 6.06. The van der Waals surface area contributed by atoms with Crippen molar-refractivity contribution < 1.29 is 24.5 Å². The number of benzene rings is 2. The second kappa shape index (κ2) is 18.1. The lowest BCUT2D eigenvalue weighted by Crippen LogP contribution is -2.35. The minimum Gasteiger partial charge on any atom is -0.504 e. The summed E-state index contributed by atoms with van der Waals surface area (Å²) < 4.78 is 5.34. The molecule has 0 amide bonds. The predicted molar refractivity (Wildman–Crippen MR) is 173 cm³/mol. The molecule has 0 aliphatic carbocycles. The molecule has 43 heavy (non-hydrogen) atoms. The molecule has 0 spiro atoms. The summed E-state index contributed by atoms with van der Waals surface area (Å²) in [6.07, 6.45) is 16.2. The van der Waals surface area contributed by atoms with Crippen LogP contribution in [-0.2, 0) is 28.9 Å². The van der Waals surface area contributed by atoms with Crippen molar-refractivity contribution in [2.45, 2.75) is 90.1 Å². The Morgan fingerprint density at radius 3 is 2.51 bits per heavy atom. The van der Waals surface area contributed by atoms with Crippen LogP contribution in [0.2, 0.25) is 0 Å². The molecule has 0 radical (unpaired) electrons. The molecule has 0 saturated carbocycles. The van der Waals surface area contributed by atoms with Gasteiger partial charge in [-0.15, -0.1) is 0 Å². The third kappa shape index (κ3) is 11.5. The molecule has 2 aromatic carbocycles. The van der Waals surface area contributed by atoms with Gasteiger partial charge in [0, 0.05) is 19.2 Å². The Morgan fingerprint density at radius 1 is 1.00 bits per heavy atom. The van der Waals surface area contributed by atoms with Crippen LogP contribution >= 0.6 is 0 Å². The van der Waals surface area contributed by atoms with Gasteiger partial charge >= 0.3 is 0 Å². The number of aryl methyl sites for hydroxylation is 2. The number of carbonyl (C=O) groups is 2. The minimum atomic E-state index is -0.292. The summed E-state index contributed by atoms with van der Waals surface area (Å²) in [5.41, 5.74) is 12.4. The molecule has 1 atom stereocenters. The molecule has 1 aliphatic rings. The Bertz CT molecular complexity index is 1310. The Morgan fingerprint density at radius 2 is 1.77 bits per heavy atom. The van der Waals surface area contributed by atoms with Crippen LogP contribution in [0.1, 0.15) is 87.0 Å². The van der Waals surface area contributed by atoms with E-state index in [9.17, 15) is 14.7 Å². The van der Waals surface area contributed by atoms with Crippen LogP contribution in [0.15, 0.2) is 65.9 Å². The molecule has 7 nitrogen and oxygen atoms in total. The van der Waals surface area contributed by atoms with Gasteiger partial charge in [0.15, 0.2) is 17.3 Å². The highest BCUT2D eigenvalue weighted by atomic mass is 16.5. The van der Waals surface area contributed by atoms with Gasteiger partial charge < -0.3 is 26.0 Å². The quantitative estimate of drug-likeness (QED) is 0.0889. The zero-order chi connectivity index (χ0) is 31.0. The van der Waals surface area contributed by atoms with E-state index in [1.165, 1.54) is 30.7 Å². The van der Waals surface area contributed by atoms with E-state index in [1.807, 2.05) is 12.3 Å². The molecule has 0 fully saturated rings. The van der Waals surface area contributed by atoms with Crippen molar-refractivity contribution in [3.63, 3.8) is 0 Å². The van der Waals surface area contributed by atoms with Gasteiger partial charge in [-0.05, 0) is 96.2 Å². The Balaban J connectivity index is 1.71. The van der Waals surface area contributed by atoms with E-state index >= 15 is 0 Å². The summed E-state index contributed by atoms with van der Waals surface area (Å²) in [7, 11) is 1.49. The van der Waals surface area contributed by atoms with Crippen LogP contribution in [0.4, 0.5) is 0 Å². The third-order valence-electron chi connectivity index (χ3n) is 7.74. The molecule has 3 rings (SSSR count). The van der Waals surface area contributed by atoms with Crippen LogP contribution < -0.4 is 15.8 Å². The fraction of sp³-hybridized carbons (Fsp3) is 0.444. The molecule has 1 unspecified atom stereocenters. The Hall–Kier alpha value is -3.68. The molecule has 7 heteroatoms. The zero-order valence-corrected chi connectivity index (χ0v) is 25.7. The molecule has 5 N–H and O–H groups in total. The summed E-state index contributed by atoms with van der Waals surface area (Å²) in [6, 6.07) is 11.8. The van der Waals surface area contributed by atoms with E-state index in [1.54, 1.807) is 18.2 Å². The van der Waals surface area contributed by atoms with E-state index in [-0.39, 0.29) is 36.5 Å². The number of allylic oxidation sites excluding steroid dienone is 3. The fourth-order valence-corrected chi connectivity index (χ4v) is 5.33. The lowest BCUT2D eigenvalue weighted by molar-refractivity contribution is -0.124. The first-order chi connectivity index (χ1) is 20.8. The number of carbonyl (C=O) groups excluding carboxylic acids is 2. The van der Waals surface area contributed by atoms with Gasteiger partial charge in [-0.25, -0.2) is 0 Å². The van der Waals surface area contributed by atoms with E-state index in [4.69, 9.17) is 15.6 Å². The SMILES string of the molecule is CCCCCCCC(=O)CC(=O)C=Cc1cc(OC)c(O)cc1CC1=CNC(N)C=C1CCc1cccc(CCCO)c1. The Kier molecular flexibility index (Phi) is 14.2. The minimum absolute atomic E-state index is 0.0190. The number of aliphatic hydroxyl groups excluding tert-OH is 1. The molecule has 0 saturated heterocycles. The van der Waals surface area contributed by atoms with Crippen LogP contribution in [0.25, 0.3) is 6.08 Å². The lowest BCUT2D eigenvalue weighted by Gasteiger charge is -2.22. The topological polar surface area (TPSA) is 122 Å².